The summed E-state index contributed by atoms with van der Waals surface area (Å²) < 4.78 is 0. The summed E-state index contributed by atoms with van der Waals surface area (Å²) in [4.78, 5) is 38.2. The van der Waals surface area contributed by atoms with E-state index in [-0.39, 0.29) is 42.2 Å². The highest BCUT2D eigenvalue weighted by molar-refractivity contribution is 6.09. The first-order valence-electron chi connectivity index (χ1n) is 9.17. The second kappa shape index (κ2) is 8.57. The average molecular weight is 389 g/mol. The van der Waals surface area contributed by atoms with Crippen molar-refractivity contribution in [1.29, 1.82) is 0 Å². The van der Waals surface area contributed by atoms with Crippen LogP contribution < -0.4 is 16.0 Å². The Kier molecular flexibility index (Phi) is 7.48. The van der Waals surface area contributed by atoms with Crippen molar-refractivity contribution in [3.05, 3.63) is 0 Å². The minimum Gasteiger partial charge on any atom is -0.353 e. The Morgan fingerprint density at radius 3 is 2.38 bits per heavy atom. The van der Waals surface area contributed by atoms with Crippen molar-refractivity contribution < 1.29 is 14.4 Å². The second-order valence-corrected chi connectivity index (χ2v) is 8.54. The molecule has 26 heavy (non-hydrogen) atoms. The van der Waals surface area contributed by atoms with Crippen molar-refractivity contribution in [3.63, 3.8) is 0 Å². The van der Waals surface area contributed by atoms with Crippen molar-refractivity contribution in [2.45, 2.75) is 65.0 Å². The average Bonchev–Trinajstić information content (AvgIpc) is 2.76. The topological polar surface area (TPSA) is 90.5 Å². The summed E-state index contributed by atoms with van der Waals surface area (Å²) >= 11 is 0. The van der Waals surface area contributed by atoms with Crippen LogP contribution in [-0.2, 0) is 9.59 Å². The summed E-state index contributed by atoms with van der Waals surface area (Å²) in [5, 5.41) is 8.63. The zero-order valence-corrected chi connectivity index (χ0v) is 17.3. The lowest BCUT2D eigenvalue weighted by Gasteiger charge is -2.40. The third-order valence-electron chi connectivity index (χ3n) is 5.71. The third-order valence-corrected chi connectivity index (χ3v) is 5.71. The molecule has 1 heterocycles. The van der Waals surface area contributed by atoms with E-state index in [1.165, 1.54) is 0 Å². The van der Waals surface area contributed by atoms with Crippen LogP contribution in [0.15, 0.2) is 0 Å². The van der Waals surface area contributed by atoms with E-state index in [1.54, 1.807) is 0 Å². The van der Waals surface area contributed by atoms with E-state index in [0.29, 0.717) is 25.3 Å². The Balaban J connectivity index is 0.00000338. The predicted molar refractivity (Wildman–Crippen MR) is 103 cm³/mol. The first-order valence-corrected chi connectivity index (χ1v) is 9.17. The van der Waals surface area contributed by atoms with Crippen LogP contribution in [0.3, 0.4) is 0 Å². The van der Waals surface area contributed by atoms with Crippen molar-refractivity contribution in [1.82, 2.24) is 20.9 Å². The van der Waals surface area contributed by atoms with Gasteiger partial charge in [0.1, 0.15) is 12.1 Å². The number of rotatable bonds is 5. The minimum atomic E-state index is -0.808. The zero-order valence-electron chi connectivity index (χ0n) is 16.5. The van der Waals surface area contributed by atoms with Gasteiger partial charge in [0.15, 0.2) is 0 Å². The van der Waals surface area contributed by atoms with Crippen LogP contribution >= 0.6 is 12.4 Å². The summed E-state index contributed by atoms with van der Waals surface area (Å²) in [6, 6.07) is -0.318. The van der Waals surface area contributed by atoms with Crippen molar-refractivity contribution in [3.8, 4) is 0 Å². The van der Waals surface area contributed by atoms with E-state index < -0.39 is 11.6 Å². The summed E-state index contributed by atoms with van der Waals surface area (Å²) in [6.07, 6.45) is 3.12. The number of likely N-dealkylation sites (N-methyl/N-ethyl adjacent to an activating group) is 1. The van der Waals surface area contributed by atoms with Crippen LogP contribution in [0.2, 0.25) is 0 Å². The molecule has 1 unspecified atom stereocenters. The van der Waals surface area contributed by atoms with Gasteiger partial charge in [-0.1, -0.05) is 20.8 Å². The molecule has 1 spiro atoms. The number of halogens is 1. The first kappa shape index (κ1) is 22.7. The lowest BCUT2D eigenvalue weighted by Crippen LogP contribution is -2.51. The molecule has 0 radical (unpaired) electrons. The number of nitrogens with zero attached hydrogens (tertiary/aromatic N) is 1. The Labute approximate surface area is 162 Å². The summed E-state index contributed by atoms with van der Waals surface area (Å²) in [6.45, 7) is 8.83. The second-order valence-electron chi connectivity index (χ2n) is 8.54. The Morgan fingerprint density at radius 1 is 1.31 bits per heavy atom. The smallest absolute Gasteiger partial charge is 0.325 e. The van der Waals surface area contributed by atoms with Gasteiger partial charge in [0.05, 0.1) is 0 Å². The van der Waals surface area contributed by atoms with Gasteiger partial charge in [-0.05, 0) is 51.0 Å². The number of imide groups is 1. The van der Waals surface area contributed by atoms with Gasteiger partial charge in [0.25, 0.3) is 5.91 Å². The molecule has 2 rings (SSSR count). The zero-order chi connectivity index (χ0) is 18.8. The fourth-order valence-electron chi connectivity index (χ4n) is 3.70. The number of hydrogen-bond acceptors (Lipinski definition) is 4. The molecular weight excluding hydrogens is 356 g/mol. The van der Waals surface area contributed by atoms with Crippen LogP contribution in [0.5, 0.6) is 0 Å². The number of hydrogen-bond donors (Lipinski definition) is 3. The van der Waals surface area contributed by atoms with Crippen LogP contribution in [0.25, 0.3) is 0 Å². The summed E-state index contributed by atoms with van der Waals surface area (Å²) in [7, 11) is 1.81. The third kappa shape index (κ3) is 4.88. The first-order chi connectivity index (χ1) is 11.6. The molecule has 1 saturated heterocycles. The number of urea groups is 1. The SMILES string of the molecule is CNC(C)CNC(=O)CN1C(=O)NC2(CCC(C(C)(C)C)CC2)C1=O.Cl. The highest BCUT2D eigenvalue weighted by Gasteiger charge is 2.53. The molecule has 1 aliphatic heterocycles. The predicted octanol–water partition coefficient (Wildman–Crippen LogP) is 1.66. The molecular formula is C18H33ClN4O3. The van der Waals surface area contributed by atoms with Gasteiger partial charge in [-0.15, -0.1) is 12.4 Å². The van der Waals surface area contributed by atoms with Gasteiger partial charge in [-0.2, -0.15) is 0 Å². The number of carbonyl (C=O) groups is 3. The maximum absolute atomic E-state index is 12.8. The fourth-order valence-corrected chi connectivity index (χ4v) is 3.70. The lowest BCUT2D eigenvalue weighted by molar-refractivity contribution is -0.136. The molecule has 4 amide bonds. The summed E-state index contributed by atoms with van der Waals surface area (Å²) in [5.41, 5.74) is -0.603. The molecule has 3 N–H and O–H groups in total. The molecule has 8 heteroatoms. The molecule has 1 aliphatic carbocycles. The standard InChI is InChI=1S/C18H32N4O3.ClH/c1-12(19-5)10-20-14(23)11-22-15(24)18(21-16(22)25)8-6-13(7-9-18)17(2,3)4;/h12-13,19H,6-11H2,1-5H3,(H,20,23)(H,21,25);1H. The van der Waals surface area contributed by atoms with Gasteiger partial charge in [-0.25, -0.2) is 4.79 Å². The van der Waals surface area contributed by atoms with E-state index in [9.17, 15) is 14.4 Å². The fraction of sp³-hybridized carbons (Fsp3) is 0.833. The highest BCUT2D eigenvalue weighted by atomic mass is 35.5. The van der Waals surface area contributed by atoms with Crippen LogP contribution in [-0.4, -0.2) is 54.5 Å². The molecule has 0 aromatic heterocycles. The maximum Gasteiger partial charge on any atom is 0.325 e. The van der Waals surface area contributed by atoms with Crippen LogP contribution in [0.4, 0.5) is 4.79 Å². The Bertz CT molecular complexity index is 539. The molecule has 0 aromatic rings. The molecule has 150 valence electrons. The molecule has 0 bridgehead atoms. The van der Waals surface area contributed by atoms with Gasteiger partial charge in [-0.3, -0.25) is 14.5 Å². The normalized spacial score (nSPS) is 27.1. The molecule has 2 aliphatic rings. The lowest BCUT2D eigenvalue weighted by atomic mass is 9.67. The van der Waals surface area contributed by atoms with E-state index in [4.69, 9.17) is 0 Å². The van der Waals surface area contributed by atoms with E-state index in [0.717, 1.165) is 17.7 Å². The molecule has 1 saturated carbocycles. The molecule has 7 nitrogen and oxygen atoms in total. The van der Waals surface area contributed by atoms with Crippen molar-refractivity contribution in [2.24, 2.45) is 11.3 Å². The van der Waals surface area contributed by atoms with Crippen molar-refractivity contribution in [2.75, 3.05) is 20.1 Å². The van der Waals surface area contributed by atoms with Crippen molar-refractivity contribution >= 4 is 30.3 Å². The monoisotopic (exact) mass is 388 g/mol. The Hall–Kier alpha value is -1.34. The number of amides is 4. The largest absolute Gasteiger partial charge is 0.353 e. The minimum absolute atomic E-state index is 0. The van der Waals surface area contributed by atoms with E-state index >= 15 is 0 Å². The maximum atomic E-state index is 12.8. The van der Waals surface area contributed by atoms with Gasteiger partial charge >= 0.3 is 6.03 Å². The van der Waals surface area contributed by atoms with Gasteiger partial charge < -0.3 is 16.0 Å². The van der Waals surface area contributed by atoms with Gasteiger partial charge in [0.2, 0.25) is 5.91 Å². The number of carbonyl (C=O) groups excluding carboxylic acids is 3. The van der Waals surface area contributed by atoms with Crippen LogP contribution in [0, 0.1) is 11.3 Å². The molecule has 0 aromatic carbocycles. The molecule has 1 atom stereocenters. The highest BCUT2D eigenvalue weighted by Crippen LogP contribution is 2.43. The summed E-state index contributed by atoms with van der Waals surface area (Å²) in [5.74, 6) is -0.0177. The molecule has 2 fully saturated rings. The number of nitrogens with one attached hydrogen (secondary N) is 3. The van der Waals surface area contributed by atoms with Gasteiger partial charge in [0, 0.05) is 12.6 Å². The van der Waals surface area contributed by atoms with Crippen LogP contribution in [0.1, 0.15) is 53.4 Å². The Morgan fingerprint density at radius 2 is 1.88 bits per heavy atom. The van der Waals surface area contributed by atoms with E-state index in [2.05, 4.69) is 36.7 Å². The van der Waals surface area contributed by atoms with E-state index in [1.807, 2.05) is 14.0 Å². The quantitative estimate of drug-likeness (QED) is 0.625.